The molecule has 166 valence electrons. The molecule has 0 bridgehead atoms. The van der Waals surface area contributed by atoms with Crippen molar-refractivity contribution in [3.05, 3.63) is 46.9 Å². The van der Waals surface area contributed by atoms with E-state index in [-0.39, 0.29) is 23.3 Å². The molecule has 2 aliphatic carbocycles. The van der Waals surface area contributed by atoms with Gasteiger partial charge in [0.1, 0.15) is 17.8 Å². The van der Waals surface area contributed by atoms with Crippen LogP contribution in [0.15, 0.2) is 40.5 Å². The van der Waals surface area contributed by atoms with Crippen LogP contribution in [0.1, 0.15) is 83.6 Å². The first-order valence-corrected chi connectivity index (χ1v) is 11.5. The van der Waals surface area contributed by atoms with Gasteiger partial charge < -0.3 is 4.74 Å². The fourth-order valence-corrected chi connectivity index (χ4v) is 5.41. The van der Waals surface area contributed by atoms with Crippen molar-refractivity contribution in [2.24, 2.45) is 16.3 Å². The predicted molar refractivity (Wildman–Crippen MR) is 118 cm³/mol. The number of nitrogens with zero attached hydrogens (tertiary/aromatic N) is 1. The maximum atomic E-state index is 15.0. The van der Waals surface area contributed by atoms with Crippen LogP contribution in [0.5, 0.6) is 0 Å². The van der Waals surface area contributed by atoms with Gasteiger partial charge in [0.2, 0.25) is 0 Å². The lowest BCUT2D eigenvalue weighted by Crippen LogP contribution is -2.40. The number of benzene rings is 1. The van der Waals surface area contributed by atoms with E-state index in [4.69, 9.17) is 9.73 Å². The van der Waals surface area contributed by atoms with Crippen molar-refractivity contribution in [3.8, 4) is 0 Å². The molecule has 1 aromatic carbocycles. The Kier molecular flexibility index (Phi) is 6.14. The summed E-state index contributed by atoms with van der Waals surface area (Å²) in [6.45, 7) is 5.90. The Hall–Kier alpha value is -2.30. The highest BCUT2D eigenvalue weighted by atomic mass is 19.1. The summed E-state index contributed by atoms with van der Waals surface area (Å²) in [7, 11) is 0. The first kappa shape index (κ1) is 21.9. The van der Waals surface area contributed by atoms with E-state index in [1.165, 1.54) is 6.07 Å². The van der Waals surface area contributed by atoms with Crippen molar-refractivity contribution in [2.75, 3.05) is 0 Å². The van der Waals surface area contributed by atoms with E-state index in [9.17, 15) is 14.0 Å². The van der Waals surface area contributed by atoms with Crippen molar-refractivity contribution in [2.45, 2.75) is 84.2 Å². The number of aliphatic imine (C=N–C) groups is 1. The number of ether oxygens (including phenoxy) is 1. The summed E-state index contributed by atoms with van der Waals surface area (Å²) < 4.78 is 20.9. The Bertz CT molecular complexity index is 938. The van der Waals surface area contributed by atoms with Crippen LogP contribution in [-0.4, -0.2) is 23.6 Å². The summed E-state index contributed by atoms with van der Waals surface area (Å²) in [6.07, 6.45) is 7.05. The smallest absolute Gasteiger partial charge is 0.315 e. The summed E-state index contributed by atoms with van der Waals surface area (Å²) in [5.41, 5.74) is 1.98. The Morgan fingerprint density at radius 1 is 1.10 bits per heavy atom. The molecule has 5 heteroatoms. The molecule has 31 heavy (non-hydrogen) atoms. The number of ketones is 1. The normalized spacial score (nSPS) is 26.7. The summed E-state index contributed by atoms with van der Waals surface area (Å²) in [4.78, 5) is 31.4. The highest BCUT2D eigenvalue weighted by Crippen LogP contribution is 2.48. The quantitative estimate of drug-likeness (QED) is 0.447. The Morgan fingerprint density at radius 2 is 1.77 bits per heavy atom. The van der Waals surface area contributed by atoms with Gasteiger partial charge in [0.25, 0.3) is 0 Å². The Balaban J connectivity index is 1.74. The second-order valence-electron chi connectivity index (χ2n) is 10.1. The van der Waals surface area contributed by atoms with Crippen molar-refractivity contribution < 1.29 is 18.7 Å². The molecule has 1 saturated carbocycles. The average molecular weight is 426 g/mol. The van der Waals surface area contributed by atoms with E-state index in [1.54, 1.807) is 18.2 Å². The van der Waals surface area contributed by atoms with Crippen molar-refractivity contribution in [1.82, 2.24) is 0 Å². The van der Waals surface area contributed by atoms with Crippen LogP contribution in [0.25, 0.3) is 0 Å². The van der Waals surface area contributed by atoms with Crippen LogP contribution >= 0.6 is 0 Å². The molecule has 0 N–H and O–H groups in total. The monoisotopic (exact) mass is 425 g/mol. The number of rotatable bonds is 3. The molecule has 4 rings (SSSR count). The first-order chi connectivity index (χ1) is 14.8. The van der Waals surface area contributed by atoms with Crippen molar-refractivity contribution in [3.63, 3.8) is 0 Å². The van der Waals surface area contributed by atoms with Gasteiger partial charge in [-0.1, -0.05) is 44.9 Å². The number of hydrogen-bond donors (Lipinski definition) is 0. The Morgan fingerprint density at radius 3 is 2.45 bits per heavy atom. The lowest BCUT2D eigenvalue weighted by Gasteiger charge is -2.39. The molecule has 0 radical (unpaired) electrons. The molecule has 0 saturated heterocycles. The number of Topliss-reactive ketones (excluding diaryl/α,β-unsaturated/α-hetero) is 1. The molecule has 1 aliphatic heterocycles. The van der Waals surface area contributed by atoms with E-state index >= 15 is 0 Å². The standard InChI is InChI=1S/C26H32FNO3/c1-16-22(25(30)31-17-10-6-4-5-7-11-17)23(18-12-8-9-13-19(18)27)24-20(28-16)14-26(2,3)15-21(24)29/h8-9,12-13,17,22-23H,4-7,10-11,14-15H2,1-3H3/t22?,23-/m1/s1. The number of esters is 1. The lowest BCUT2D eigenvalue weighted by atomic mass is 9.67. The first-order valence-electron chi connectivity index (χ1n) is 11.5. The zero-order chi connectivity index (χ0) is 22.2. The van der Waals surface area contributed by atoms with E-state index in [2.05, 4.69) is 0 Å². The zero-order valence-corrected chi connectivity index (χ0v) is 18.7. The molecule has 1 aromatic rings. The van der Waals surface area contributed by atoms with Crippen LogP contribution in [-0.2, 0) is 14.3 Å². The van der Waals surface area contributed by atoms with Crippen molar-refractivity contribution >= 4 is 17.5 Å². The molecule has 2 atom stereocenters. The van der Waals surface area contributed by atoms with Crippen LogP contribution in [0.4, 0.5) is 4.39 Å². The van der Waals surface area contributed by atoms with Gasteiger partial charge in [-0.05, 0) is 56.1 Å². The maximum Gasteiger partial charge on any atom is 0.315 e. The third-order valence-corrected chi connectivity index (χ3v) is 6.88. The van der Waals surface area contributed by atoms with Crippen molar-refractivity contribution in [1.29, 1.82) is 0 Å². The van der Waals surface area contributed by atoms with Gasteiger partial charge in [0.05, 0.1) is 0 Å². The second kappa shape index (κ2) is 8.68. The zero-order valence-electron chi connectivity index (χ0n) is 18.7. The number of allylic oxidation sites excluding steroid dienone is 2. The fourth-order valence-electron chi connectivity index (χ4n) is 5.41. The molecular formula is C26H32FNO3. The SMILES string of the molecule is CC1=NC2=C(C(=O)CC(C)(C)C2)[C@H](c2ccccc2F)C1C(=O)OC1CCCCCC1. The van der Waals surface area contributed by atoms with E-state index in [0.717, 1.165) is 38.5 Å². The largest absolute Gasteiger partial charge is 0.462 e. The summed E-state index contributed by atoms with van der Waals surface area (Å²) in [5.74, 6) is -2.29. The highest BCUT2D eigenvalue weighted by molar-refractivity contribution is 6.09. The number of carbonyl (C=O) groups excluding carboxylic acids is 2. The van der Waals surface area contributed by atoms with Gasteiger partial charge in [-0.2, -0.15) is 0 Å². The van der Waals surface area contributed by atoms with Gasteiger partial charge in [-0.3, -0.25) is 14.6 Å². The van der Waals surface area contributed by atoms with Crippen LogP contribution < -0.4 is 0 Å². The summed E-state index contributed by atoms with van der Waals surface area (Å²) >= 11 is 0. The highest BCUT2D eigenvalue weighted by Gasteiger charge is 2.47. The summed E-state index contributed by atoms with van der Waals surface area (Å²) in [5, 5.41) is 0. The fraction of sp³-hybridized carbons (Fsp3) is 0.577. The predicted octanol–water partition coefficient (Wildman–Crippen LogP) is 5.91. The van der Waals surface area contributed by atoms with Gasteiger partial charge >= 0.3 is 5.97 Å². The minimum absolute atomic E-state index is 0.0389. The molecule has 0 spiro atoms. The van der Waals surface area contributed by atoms with E-state index in [1.807, 2.05) is 20.8 Å². The minimum Gasteiger partial charge on any atom is -0.462 e. The van der Waals surface area contributed by atoms with E-state index < -0.39 is 17.7 Å². The molecule has 1 fully saturated rings. The second-order valence-corrected chi connectivity index (χ2v) is 10.1. The lowest BCUT2D eigenvalue weighted by molar-refractivity contribution is -0.152. The van der Waals surface area contributed by atoms with Gasteiger partial charge in [-0.15, -0.1) is 0 Å². The molecule has 1 unspecified atom stereocenters. The van der Waals surface area contributed by atoms with Crippen LogP contribution in [0, 0.1) is 17.2 Å². The van der Waals surface area contributed by atoms with Gasteiger partial charge in [0, 0.05) is 29.3 Å². The molecule has 4 nitrogen and oxygen atoms in total. The molecule has 3 aliphatic rings. The Labute approximate surface area is 184 Å². The number of carbonyl (C=O) groups is 2. The van der Waals surface area contributed by atoms with Gasteiger partial charge in [-0.25, -0.2) is 4.39 Å². The third kappa shape index (κ3) is 4.51. The molecule has 0 amide bonds. The molecule has 1 heterocycles. The third-order valence-electron chi connectivity index (χ3n) is 6.88. The van der Waals surface area contributed by atoms with E-state index in [0.29, 0.717) is 35.4 Å². The number of halogens is 1. The average Bonchev–Trinajstić information content (AvgIpc) is 2.95. The summed E-state index contributed by atoms with van der Waals surface area (Å²) in [6, 6.07) is 6.46. The number of hydrogen-bond acceptors (Lipinski definition) is 4. The maximum absolute atomic E-state index is 15.0. The van der Waals surface area contributed by atoms with Crippen LogP contribution in [0.2, 0.25) is 0 Å². The topological polar surface area (TPSA) is 55.7 Å². The molecule has 0 aromatic heterocycles. The minimum atomic E-state index is -0.774. The van der Waals surface area contributed by atoms with Gasteiger partial charge in [0.15, 0.2) is 5.78 Å². The van der Waals surface area contributed by atoms with Crippen LogP contribution in [0.3, 0.4) is 0 Å². The molecular weight excluding hydrogens is 393 g/mol.